The molecule has 0 aliphatic carbocycles. The van der Waals surface area contributed by atoms with Gasteiger partial charge in [-0.15, -0.1) is 0 Å². The van der Waals surface area contributed by atoms with Gasteiger partial charge in [0.1, 0.15) is 23.6 Å². The minimum absolute atomic E-state index is 0.172. The van der Waals surface area contributed by atoms with Crippen LogP contribution in [0.1, 0.15) is 23.4 Å². The molecule has 0 amide bonds. The number of hydrogen-bond acceptors (Lipinski definition) is 8. The van der Waals surface area contributed by atoms with E-state index in [4.69, 9.17) is 19.9 Å². The number of ether oxygens (including phenoxy) is 3. The molecule has 37 heavy (non-hydrogen) atoms. The van der Waals surface area contributed by atoms with E-state index in [1.165, 1.54) is 0 Å². The van der Waals surface area contributed by atoms with Crippen LogP contribution in [0.15, 0.2) is 29.2 Å². The van der Waals surface area contributed by atoms with Gasteiger partial charge < -0.3 is 29.8 Å². The summed E-state index contributed by atoms with van der Waals surface area (Å²) in [7, 11) is 0. The molecule has 2 atom stereocenters. The molecule has 5 rings (SSSR count). The Morgan fingerprint density at radius 3 is 2.59 bits per heavy atom. The third-order valence-corrected chi connectivity index (χ3v) is 7.73. The largest absolute Gasteiger partial charge is 0.611 e. The van der Waals surface area contributed by atoms with Gasteiger partial charge in [0.25, 0.3) is 0 Å². The van der Waals surface area contributed by atoms with Crippen LogP contribution < -0.4 is 15.8 Å². The average molecular weight is 541 g/mol. The molecule has 2 aliphatic heterocycles. The zero-order valence-corrected chi connectivity index (χ0v) is 20.5. The number of aryl methyl sites for hydroxylation is 1. The van der Waals surface area contributed by atoms with E-state index in [2.05, 4.69) is 15.3 Å². The minimum Gasteiger partial charge on any atom is -0.611 e. The molecule has 2 fully saturated rings. The summed E-state index contributed by atoms with van der Waals surface area (Å²) in [4.78, 5) is 9.29. The summed E-state index contributed by atoms with van der Waals surface area (Å²) in [6, 6.07) is 5.02. The van der Waals surface area contributed by atoms with E-state index < -0.39 is 28.7 Å². The predicted octanol–water partition coefficient (Wildman–Crippen LogP) is 3.96. The van der Waals surface area contributed by atoms with Crippen LogP contribution in [0.2, 0.25) is 0 Å². The highest BCUT2D eigenvalue weighted by Gasteiger charge is 2.37. The first kappa shape index (κ1) is 25.8. The van der Waals surface area contributed by atoms with Gasteiger partial charge in [-0.3, -0.25) is 0 Å². The molecule has 0 radical (unpaired) electrons. The van der Waals surface area contributed by atoms with E-state index in [-0.39, 0.29) is 35.0 Å². The standard InChI is InChI=1S/C24H24F4N4O4S/c1-12-31-19-7-21(37(33)16-10-35-11-16)20(36-15-2-3-34-9-15)6-17(19)23(32-12)30-8-13-4-14(29)5-18(22(13)25)24(26,27)28/h4-7,15-16H,2-3,8-11,29H2,1H3,(H,30,31,32)/t15-,37?/m0/s1. The maximum Gasteiger partial charge on any atom is 0.419 e. The van der Waals surface area contributed by atoms with Crippen LogP contribution in [-0.4, -0.2) is 52.3 Å². The van der Waals surface area contributed by atoms with Gasteiger partial charge >= 0.3 is 6.18 Å². The Kier molecular flexibility index (Phi) is 7.05. The maximum atomic E-state index is 14.7. The minimum atomic E-state index is -4.89. The fourth-order valence-electron chi connectivity index (χ4n) is 4.16. The molecule has 8 nitrogen and oxygen atoms in total. The Labute approximate surface area is 212 Å². The van der Waals surface area contributed by atoms with Crippen molar-refractivity contribution in [2.24, 2.45) is 0 Å². The zero-order valence-electron chi connectivity index (χ0n) is 19.7. The fraction of sp³-hybridized carbons (Fsp3) is 0.417. The van der Waals surface area contributed by atoms with Crippen LogP contribution in [0.4, 0.5) is 29.1 Å². The van der Waals surface area contributed by atoms with E-state index >= 15 is 0 Å². The number of benzene rings is 2. The van der Waals surface area contributed by atoms with Gasteiger partial charge in [0.15, 0.2) is 15.9 Å². The Morgan fingerprint density at radius 2 is 1.95 bits per heavy atom. The van der Waals surface area contributed by atoms with E-state index in [1.807, 2.05) is 0 Å². The van der Waals surface area contributed by atoms with Crippen LogP contribution in [0, 0.1) is 12.7 Å². The number of aromatic nitrogens is 2. The molecule has 0 bridgehead atoms. The smallest absolute Gasteiger partial charge is 0.419 e. The average Bonchev–Trinajstić information content (AvgIpc) is 3.30. The SMILES string of the molecule is Cc1nc(NCc2cc(N)cc(C(F)(F)F)c2F)c2cc(O[C@H]3CCOC3)c([S+]([O-])C3COC3)cc2n1. The van der Waals surface area contributed by atoms with Crippen molar-refractivity contribution in [3.8, 4) is 5.75 Å². The highest BCUT2D eigenvalue weighted by molar-refractivity contribution is 7.92. The Hall–Kier alpha value is -2.87. The summed E-state index contributed by atoms with van der Waals surface area (Å²) in [5.74, 6) is -0.413. The first-order valence-corrected chi connectivity index (χ1v) is 12.8. The number of alkyl halides is 3. The van der Waals surface area contributed by atoms with Crippen molar-refractivity contribution in [3.05, 3.63) is 47.0 Å². The topological polar surface area (TPSA) is 115 Å². The first-order chi connectivity index (χ1) is 17.6. The van der Waals surface area contributed by atoms with Crippen LogP contribution in [0.3, 0.4) is 0 Å². The number of nitrogens with one attached hydrogen (secondary N) is 1. The van der Waals surface area contributed by atoms with Crippen LogP contribution >= 0.6 is 0 Å². The molecule has 2 aliphatic rings. The lowest BCUT2D eigenvalue weighted by Gasteiger charge is -2.29. The Bertz CT molecular complexity index is 1320. The second-order valence-electron chi connectivity index (χ2n) is 8.89. The molecule has 0 spiro atoms. The van der Waals surface area contributed by atoms with Crippen molar-refractivity contribution >= 4 is 33.6 Å². The van der Waals surface area contributed by atoms with E-state index in [1.54, 1.807) is 19.1 Å². The van der Waals surface area contributed by atoms with Crippen molar-refractivity contribution in [2.45, 2.75) is 42.3 Å². The number of halogens is 4. The molecule has 2 aromatic carbocycles. The molecule has 1 unspecified atom stereocenters. The number of fused-ring (bicyclic) bond motifs is 1. The lowest BCUT2D eigenvalue weighted by atomic mass is 10.1. The van der Waals surface area contributed by atoms with Gasteiger partial charge in [0, 0.05) is 35.7 Å². The van der Waals surface area contributed by atoms with Gasteiger partial charge in [-0.25, -0.2) is 14.4 Å². The molecule has 3 aromatic rings. The number of hydrogen-bond donors (Lipinski definition) is 2. The molecule has 1 aromatic heterocycles. The number of rotatable bonds is 7. The molecule has 3 heterocycles. The van der Waals surface area contributed by atoms with Gasteiger partial charge in [-0.05, 0) is 36.3 Å². The fourth-order valence-corrected chi connectivity index (χ4v) is 5.49. The summed E-state index contributed by atoms with van der Waals surface area (Å²) < 4.78 is 84.4. The highest BCUT2D eigenvalue weighted by Crippen LogP contribution is 2.37. The van der Waals surface area contributed by atoms with Crippen molar-refractivity contribution in [2.75, 3.05) is 37.5 Å². The Balaban J connectivity index is 1.52. The molecular weight excluding hydrogens is 516 g/mol. The number of nitrogens with two attached hydrogens (primary N) is 1. The number of nitrogen functional groups attached to an aromatic ring is 1. The number of anilines is 2. The predicted molar refractivity (Wildman–Crippen MR) is 128 cm³/mol. The molecule has 2 saturated heterocycles. The van der Waals surface area contributed by atoms with Crippen LogP contribution in [0.25, 0.3) is 10.9 Å². The first-order valence-electron chi connectivity index (χ1n) is 11.5. The van der Waals surface area contributed by atoms with Crippen molar-refractivity contribution in [1.29, 1.82) is 0 Å². The Morgan fingerprint density at radius 1 is 1.16 bits per heavy atom. The van der Waals surface area contributed by atoms with E-state index in [0.29, 0.717) is 66.3 Å². The van der Waals surface area contributed by atoms with Crippen molar-refractivity contribution < 1.29 is 36.3 Å². The van der Waals surface area contributed by atoms with Gasteiger partial charge in [-0.2, -0.15) is 13.2 Å². The van der Waals surface area contributed by atoms with Gasteiger partial charge in [-0.1, -0.05) is 0 Å². The summed E-state index contributed by atoms with van der Waals surface area (Å²) in [6.07, 6.45) is -4.45. The monoisotopic (exact) mass is 540 g/mol. The third-order valence-electron chi connectivity index (χ3n) is 6.10. The summed E-state index contributed by atoms with van der Waals surface area (Å²) >= 11 is -1.41. The highest BCUT2D eigenvalue weighted by atomic mass is 32.2. The quantitative estimate of drug-likeness (QED) is 0.263. The maximum absolute atomic E-state index is 14.7. The molecule has 13 heteroatoms. The second kappa shape index (κ2) is 10.1. The second-order valence-corrected chi connectivity index (χ2v) is 10.6. The molecule has 3 N–H and O–H groups in total. The van der Waals surface area contributed by atoms with Crippen molar-refractivity contribution in [3.63, 3.8) is 0 Å². The third kappa shape index (κ3) is 5.40. The number of nitrogens with zero attached hydrogens (tertiary/aromatic N) is 2. The van der Waals surface area contributed by atoms with E-state index in [0.717, 1.165) is 6.07 Å². The summed E-state index contributed by atoms with van der Waals surface area (Å²) in [5, 5.41) is 3.22. The lowest BCUT2D eigenvalue weighted by Crippen LogP contribution is -2.40. The zero-order chi connectivity index (χ0) is 26.3. The van der Waals surface area contributed by atoms with Gasteiger partial charge in [0.2, 0.25) is 0 Å². The summed E-state index contributed by atoms with van der Waals surface area (Å²) in [5.41, 5.74) is 4.15. The van der Waals surface area contributed by atoms with Gasteiger partial charge in [0.05, 0.1) is 37.5 Å². The van der Waals surface area contributed by atoms with Crippen molar-refractivity contribution in [1.82, 2.24) is 9.97 Å². The molecular formula is C24H24F4N4O4S. The summed E-state index contributed by atoms with van der Waals surface area (Å²) in [6.45, 7) is 3.02. The van der Waals surface area contributed by atoms with Crippen LogP contribution in [-0.2, 0) is 33.4 Å². The molecule has 0 saturated carbocycles. The lowest BCUT2D eigenvalue weighted by molar-refractivity contribution is -0.140. The normalized spacial score (nSPS) is 19.1. The van der Waals surface area contributed by atoms with Crippen LogP contribution in [0.5, 0.6) is 5.75 Å². The molecule has 198 valence electrons. The van der Waals surface area contributed by atoms with E-state index in [9.17, 15) is 22.1 Å².